The van der Waals surface area contributed by atoms with Gasteiger partial charge in [-0.15, -0.1) is 0 Å². The minimum Gasteiger partial charge on any atom is -0.435 e. The summed E-state index contributed by atoms with van der Waals surface area (Å²) in [6.45, 7) is -1.08. The van der Waals surface area contributed by atoms with E-state index in [0.29, 0.717) is 11.1 Å². The molecule has 2 N–H and O–H groups in total. The first-order chi connectivity index (χ1) is 9.47. The van der Waals surface area contributed by atoms with E-state index in [2.05, 4.69) is 4.74 Å². The summed E-state index contributed by atoms with van der Waals surface area (Å²) in [6, 6.07) is 9.85. The Hall–Kier alpha value is -2.01. The fraction of sp³-hybridized carbons (Fsp3) is 0.200. The van der Waals surface area contributed by atoms with Crippen LogP contribution >= 0.6 is 0 Å². The Kier molecular flexibility index (Phi) is 4.29. The van der Waals surface area contributed by atoms with Crippen LogP contribution in [-0.2, 0) is 0 Å². The van der Waals surface area contributed by atoms with E-state index in [1.54, 1.807) is 24.3 Å². The van der Waals surface area contributed by atoms with Crippen LogP contribution in [0.5, 0.6) is 5.75 Å². The molecule has 5 heteroatoms. The number of ether oxygens (including phenoxy) is 1. The van der Waals surface area contributed by atoms with E-state index in [9.17, 15) is 13.2 Å². The van der Waals surface area contributed by atoms with Crippen molar-refractivity contribution < 1.29 is 17.9 Å². The average molecular weight is 281 g/mol. The highest BCUT2D eigenvalue weighted by molar-refractivity contribution is 5.38. The van der Waals surface area contributed by atoms with Crippen LogP contribution in [0, 0.1) is 12.7 Å². The number of alkyl halides is 2. The standard InChI is InChI=1S/C15H14F3NO/c1-9-5-6-13(16)12(7-9)14(19)10-3-2-4-11(8-10)20-15(17)18/h2-8,14-15H,19H2,1H3. The van der Waals surface area contributed by atoms with Gasteiger partial charge in [0.25, 0.3) is 0 Å². The summed E-state index contributed by atoms with van der Waals surface area (Å²) < 4.78 is 42.5. The Bertz CT molecular complexity index is 601. The van der Waals surface area contributed by atoms with Crippen molar-refractivity contribution in [2.45, 2.75) is 19.6 Å². The number of hydrogen-bond acceptors (Lipinski definition) is 2. The molecule has 1 unspecified atom stereocenters. The predicted octanol–water partition coefficient (Wildman–Crippen LogP) is 3.78. The maximum absolute atomic E-state index is 13.8. The number of nitrogens with two attached hydrogens (primary N) is 1. The predicted molar refractivity (Wildman–Crippen MR) is 70.2 cm³/mol. The van der Waals surface area contributed by atoms with Gasteiger partial charge in [-0.25, -0.2) is 4.39 Å². The van der Waals surface area contributed by atoms with Crippen molar-refractivity contribution in [3.63, 3.8) is 0 Å². The lowest BCUT2D eigenvalue weighted by molar-refractivity contribution is -0.0498. The minimum atomic E-state index is -2.91. The van der Waals surface area contributed by atoms with E-state index < -0.39 is 18.5 Å². The van der Waals surface area contributed by atoms with Crippen molar-refractivity contribution >= 4 is 0 Å². The maximum Gasteiger partial charge on any atom is 0.387 e. The van der Waals surface area contributed by atoms with Crippen molar-refractivity contribution in [3.8, 4) is 5.75 Å². The maximum atomic E-state index is 13.8. The van der Waals surface area contributed by atoms with Crippen LogP contribution in [0.1, 0.15) is 22.7 Å². The molecule has 0 bridgehead atoms. The molecule has 0 aliphatic carbocycles. The lowest BCUT2D eigenvalue weighted by atomic mass is 9.97. The summed E-state index contributed by atoms with van der Waals surface area (Å²) >= 11 is 0. The van der Waals surface area contributed by atoms with Crippen LogP contribution in [0.2, 0.25) is 0 Å². The summed E-state index contributed by atoms with van der Waals surface area (Å²) in [5, 5.41) is 0. The quantitative estimate of drug-likeness (QED) is 0.925. The fourth-order valence-corrected chi connectivity index (χ4v) is 1.97. The van der Waals surface area contributed by atoms with Gasteiger partial charge in [-0.2, -0.15) is 8.78 Å². The van der Waals surface area contributed by atoms with Gasteiger partial charge in [0.1, 0.15) is 11.6 Å². The summed E-state index contributed by atoms with van der Waals surface area (Å²) in [7, 11) is 0. The molecule has 0 aliphatic heterocycles. The van der Waals surface area contributed by atoms with Crippen molar-refractivity contribution in [1.29, 1.82) is 0 Å². The van der Waals surface area contributed by atoms with Crippen molar-refractivity contribution in [2.75, 3.05) is 0 Å². The molecule has 2 nitrogen and oxygen atoms in total. The molecule has 0 saturated carbocycles. The number of halogens is 3. The van der Waals surface area contributed by atoms with E-state index >= 15 is 0 Å². The smallest absolute Gasteiger partial charge is 0.387 e. The first-order valence-corrected chi connectivity index (χ1v) is 6.04. The molecule has 20 heavy (non-hydrogen) atoms. The molecule has 2 aromatic carbocycles. The average Bonchev–Trinajstić information content (AvgIpc) is 2.40. The minimum absolute atomic E-state index is 0.000936. The molecule has 0 aliphatic rings. The highest BCUT2D eigenvalue weighted by Gasteiger charge is 2.15. The third kappa shape index (κ3) is 3.30. The molecule has 106 valence electrons. The third-order valence-corrected chi connectivity index (χ3v) is 2.93. The number of hydrogen-bond donors (Lipinski definition) is 1. The van der Waals surface area contributed by atoms with Gasteiger partial charge in [0.2, 0.25) is 0 Å². The Labute approximate surface area is 115 Å². The van der Waals surface area contributed by atoms with E-state index in [4.69, 9.17) is 5.73 Å². The van der Waals surface area contributed by atoms with Crippen LogP contribution in [0.4, 0.5) is 13.2 Å². The second-order valence-corrected chi connectivity index (χ2v) is 4.45. The summed E-state index contributed by atoms with van der Waals surface area (Å²) in [6.07, 6.45) is 0. The molecule has 2 rings (SSSR count). The van der Waals surface area contributed by atoms with Gasteiger partial charge in [-0.1, -0.05) is 29.8 Å². The monoisotopic (exact) mass is 281 g/mol. The first kappa shape index (κ1) is 14.4. The van der Waals surface area contributed by atoms with Gasteiger partial charge in [-0.3, -0.25) is 0 Å². The Morgan fingerprint density at radius 3 is 2.55 bits per heavy atom. The van der Waals surface area contributed by atoms with Crippen molar-refractivity contribution in [1.82, 2.24) is 0 Å². The van der Waals surface area contributed by atoms with Crippen LogP contribution in [-0.4, -0.2) is 6.61 Å². The van der Waals surface area contributed by atoms with Gasteiger partial charge in [-0.05, 0) is 30.7 Å². The molecule has 0 amide bonds. The summed E-state index contributed by atoms with van der Waals surface area (Å²) in [5.74, 6) is -0.427. The zero-order valence-electron chi connectivity index (χ0n) is 10.8. The summed E-state index contributed by atoms with van der Waals surface area (Å²) in [4.78, 5) is 0. The van der Waals surface area contributed by atoms with Crippen LogP contribution in [0.3, 0.4) is 0 Å². The van der Waals surface area contributed by atoms with Crippen LogP contribution in [0.25, 0.3) is 0 Å². The number of benzene rings is 2. The largest absolute Gasteiger partial charge is 0.435 e. The third-order valence-electron chi connectivity index (χ3n) is 2.93. The SMILES string of the molecule is Cc1ccc(F)c(C(N)c2cccc(OC(F)F)c2)c1. The Morgan fingerprint density at radius 1 is 1.10 bits per heavy atom. The molecular weight excluding hydrogens is 267 g/mol. The molecule has 1 atom stereocenters. The molecule has 0 heterocycles. The lowest BCUT2D eigenvalue weighted by Crippen LogP contribution is -2.14. The number of aryl methyl sites for hydroxylation is 1. The van der Waals surface area contributed by atoms with Gasteiger partial charge >= 0.3 is 6.61 Å². The van der Waals surface area contributed by atoms with Crippen molar-refractivity contribution in [2.24, 2.45) is 5.73 Å². The lowest BCUT2D eigenvalue weighted by Gasteiger charge is -2.15. The van der Waals surface area contributed by atoms with Crippen LogP contribution in [0.15, 0.2) is 42.5 Å². The fourth-order valence-electron chi connectivity index (χ4n) is 1.97. The molecule has 0 radical (unpaired) electrons. The molecule has 0 aromatic heterocycles. The van der Waals surface area contributed by atoms with Gasteiger partial charge < -0.3 is 10.5 Å². The van der Waals surface area contributed by atoms with E-state index in [1.807, 2.05) is 6.92 Å². The van der Waals surface area contributed by atoms with E-state index in [0.717, 1.165) is 5.56 Å². The first-order valence-electron chi connectivity index (χ1n) is 6.04. The molecule has 2 aromatic rings. The Balaban J connectivity index is 2.33. The van der Waals surface area contributed by atoms with Crippen molar-refractivity contribution in [3.05, 3.63) is 65.0 Å². The molecular formula is C15H14F3NO. The van der Waals surface area contributed by atoms with E-state index in [1.165, 1.54) is 18.2 Å². The van der Waals surface area contributed by atoms with Gasteiger partial charge in [0, 0.05) is 5.56 Å². The van der Waals surface area contributed by atoms with E-state index in [-0.39, 0.29) is 5.75 Å². The second-order valence-electron chi connectivity index (χ2n) is 4.45. The highest BCUT2D eigenvalue weighted by atomic mass is 19.3. The summed E-state index contributed by atoms with van der Waals surface area (Å²) in [5.41, 5.74) is 7.70. The normalized spacial score (nSPS) is 12.5. The molecule has 0 fully saturated rings. The zero-order chi connectivity index (χ0) is 14.7. The Morgan fingerprint density at radius 2 is 1.85 bits per heavy atom. The molecule has 0 spiro atoms. The topological polar surface area (TPSA) is 35.2 Å². The highest BCUT2D eigenvalue weighted by Crippen LogP contribution is 2.26. The van der Waals surface area contributed by atoms with Gasteiger partial charge in [0.05, 0.1) is 6.04 Å². The second kappa shape index (κ2) is 5.96. The van der Waals surface area contributed by atoms with Gasteiger partial charge in [0.15, 0.2) is 0 Å². The number of rotatable bonds is 4. The van der Waals surface area contributed by atoms with Crippen LogP contribution < -0.4 is 10.5 Å². The molecule has 0 saturated heterocycles. The zero-order valence-corrected chi connectivity index (χ0v) is 10.8.